The Balaban J connectivity index is 2.21. The molecule has 0 aliphatic carbocycles. The van der Waals surface area contributed by atoms with Crippen LogP contribution in [-0.2, 0) is 20.0 Å². The van der Waals surface area contributed by atoms with E-state index in [2.05, 4.69) is 20.5 Å². The van der Waals surface area contributed by atoms with E-state index in [4.69, 9.17) is 5.73 Å². The van der Waals surface area contributed by atoms with Gasteiger partial charge in [0, 0.05) is 13.5 Å². The zero-order chi connectivity index (χ0) is 10.8. The van der Waals surface area contributed by atoms with Gasteiger partial charge in [-0.25, -0.2) is 4.68 Å². The second-order valence-electron chi connectivity index (χ2n) is 3.29. The fraction of sp³-hybridized carbons (Fsp3) is 0.500. The SMILES string of the molecule is CCc1nnc(Cn2cc(N)nn2)n1C. The number of nitrogen functional groups attached to an aromatic ring is 1. The first-order valence-corrected chi connectivity index (χ1v) is 4.73. The van der Waals surface area contributed by atoms with E-state index in [0.717, 1.165) is 18.1 Å². The van der Waals surface area contributed by atoms with Crippen molar-refractivity contribution in [3.63, 3.8) is 0 Å². The molecule has 0 unspecified atom stereocenters. The minimum absolute atomic E-state index is 0.410. The Kier molecular flexibility index (Phi) is 2.36. The quantitative estimate of drug-likeness (QED) is 0.739. The highest BCUT2D eigenvalue weighted by Gasteiger charge is 2.08. The molecule has 7 nitrogen and oxygen atoms in total. The van der Waals surface area contributed by atoms with E-state index >= 15 is 0 Å². The van der Waals surface area contributed by atoms with Crippen molar-refractivity contribution in [2.45, 2.75) is 19.9 Å². The summed E-state index contributed by atoms with van der Waals surface area (Å²) in [6, 6.07) is 0. The van der Waals surface area contributed by atoms with Crippen molar-refractivity contribution in [2.75, 3.05) is 5.73 Å². The van der Waals surface area contributed by atoms with Gasteiger partial charge in [0.2, 0.25) is 0 Å². The summed E-state index contributed by atoms with van der Waals surface area (Å²) >= 11 is 0. The van der Waals surface area contributed by atoms with Gasteiger partial charge >= 0.3 is 0 Å². The predicted molar refractivity (Wildman–Crippen MR) is 53.9 cm³/mol. The summed E-state index contributed by atoms with van der Waals surface area (Å²) in [6.45, 7) is 2.58. The van der Waals surface area contributed by atoms with Crippen LogP contribution in [0.3, 0.4) is 0 Å². The molecule has 0 amide bonds. The Morgan fingerprint density at radius 3 is 2.53 bits per heavy atom. The number of aromatic nitrogens is 6. The van der Waals surface area contributed by atoms with E-state index in [1.807, 2.05) is 18.5 Å². The molecule has 0 saturated heterocycles. The number of nitrogens with two attached hydrogens (primary N) is 1. The second-order valence-corrected chi connectivity index (χ2v) is 3.29. The molecule has 2 aromatic rings. The van der Waals surface area contributed by atoms with Crippen LogP contribution in [0.4, 0.5) is 5.82 Å². The second kappa shape index (κ2) is 3.68. The summed E-state index contributed by atoms with van der Waals surface area (Å²) in [5, 5.41) is 15.7. The zero-order valence-corrected chi connectivity index (χ0v) is 8.75. The molecule has 2 aromatic heterocycles. The first kappa shape index (κ1) is 9.63. The Morgan fingerprint density at radius 1 is 1.27 bits per heavy atom. The van der Waals surface area contributed by atoms with Gasteiger partial charge in [0.05, 0.1) is 6.20 Å². The van der Waals surface area contributed by atoms with Crippen LogP contribution in [-0.4, -0.2) is 29.8 Å². The van der Waals surface area contributed by atoms with Crippen LogP contribution in [0.25, 0.3) is 0 Å². The number of hydrogen-bond donors (Lipinski definition) is 1. The van der Waals surface area contributed by atoms with Gasteiger partial charge in [-0.15, -0.1) is 15.3 Å². The Hall–Kier alpha value is -1.92. The first-order chi connectivity index (χ1) is 7.20. The number of nitrogens with zero attached hydrogens (tertiary/aromatic N) is 6. The summed E-state index contributed by atoms with van der Waals surface area (Å²) in [5.41, 5.74) is 5.46. The van der Waals surface area contributed by atoms with Crippen LogP contribution >= 0.6 is 0 Å². The van der Waals surface area contributed by atoms with Crippen molar-refractivity contribution < 1.29 is 0 Å². The predicted octanol–water partition coefficient (Wildman–Crippen LogP) is -0.401. The summed E-state index contributed by atoms with van der Waals surface area (Å²) in [4.78, 5) is 0. The van der Waals surface area contributed by atoms with E-state index < -0.39 is 0 Å². The van der Waals surface area contributed by atoms with Crippen LogP contribution in [0, 0.1) is 0 Å². The fourth-order valence-corrected chi connectivity index (χ4v) is 1.38. The molecule has 7 heteroatoms. The smallest absolute Gasteiger partial charge is 0.165 e. The maximum atomic E-state index is 5.46. The third-order valence-electron chi connectivity index (χ3n) is 2.23. The average Bonchev–Trinajstić information content (AvgIpc) is 2.76. The average molecular weight is 207 g/mol. The van der Waals surface area contributed by atoms with E-state index in [-0.39, 0.29) is 0 Å². The van der Waals surface area contributed by atoms with Crippen LogP contribution in [0.15, 0.2) is 6.20 Å². The molecule has 0 atom stereocenters. The molecular formula is C8H13N7. The largest absolute Gasteiger partial charge is 0.381 e. The molecule has 2 rings (SSSR count). The van der Waals surface area contributed by atoms with Gasteiger partial charge in [-0.3, -0.25) is 0 Å². The molecule has 0 aliphatic rings. The van der Waals surface area contributed by atoms with Crippen LogP contribution in [0.2, 0.25) is 0 Å². The highest BCUT2D eigenvalue weighted by Crippen LogP contribution is 2.02. The summed E-state index contributed by atoms with van der Waals surface area (Å²) < 4.78 is 3.59. The Morgan fingerprint density at radius 2 is 2.00 bits per heavy atom. The van der Waals surface area contributed by atoms with Gasteiger partial charge in [-0.05, 0) is 0 Å². The lowest BCUT2D eigenvalue weighted by molar-refractivity contribution is 0.602. The summed E-state index contributed by atoms with van der Waals surface area (Å²) in [5.74, 6) is 2.21. The number of aryl methyl sites for hydroxylation is 1. The molecule has 0 aliphatic heterocycles. The molecule has 0 radical (unpaired) electrons. The topological polar surface area (TPSA) is 87.4 Å². The van der Waals surface area contributed by atoms with Crippen LogP contribution in [0.5, 0.6) is 0 Å². The number of rotatable bonds is 3. The minimum Gasteiger partial charge on any atom is -0.381 e. The molecule has 0 bridgehead atoms. The van der Waals surface area contributed by atoms with E-state index in [1.54, 1.807) is 10.9 Å². The first-order valence-electron chi connectivity index (χ1n) is 4.73. The molecule has 0 spiro atoms. The van der Waals surface area contributed by atoms with E-state index in [9.17, 15) is 0 Å². The summed E-state index contributed by atoms with van der Waals surface area (Å²) in [6.07, 6.45) is 2.53. The highest BCUT2D eigenvalue weighted by molar-refractivity contribution is 5.20. The number of hydrogen-bond acceptors (Lipinski definition) is 5. The Bertz CT molecular complexity index is 455. The number of anilines is 1. The molecule has 2 N–H and O–H groups in total. The Labute approximate surface area is 86.9 Å². The lowest BCUT2D eigenvalue weighted by atomic mass is 10.4. The highest BCUT2D eigenvalue weighted by atomic mass is 15.4. The van der Waals surface area contributed by atoms with Gasteiger partial charge in [-0.1, -0.05) is 12.1 Å². The molecule has 15 heavy (non-hydrogen) atoms. The third kappa shape index (κ3) is 1.80. The van der Waals surface area contributed by atoms with Crippen molar-refractivity contribution in [2.24, 2.45) is 7.05 Å². The van der Waals surface area contributed by atoms with Crippen molar-refractivity contribution in [3.05, 3.63) is 17.8 Å². The zero-order valence-electron chi connectivity index (χ0n) is 8.75. The standard InChI is InChI=1S/C8H13N7/c1-3-7-11-12-8(14(7)2)5-15-4-6(9)10-13-15/h4H,3,5,9H2,1-2H3. The van der Waals surface area contributed by atoms with Gasteiger partial charge in [0.15, 0.2) is 11.6 Å². The van der Waals surface area contributed by atoms with Crippen molar-refractivity contribution in [3.8, 4) is 0 Å². The molecule has 2 heterocycles. The molecule has 80 valence electrons. The minimum atomic E-state index is 0.410. The monoisotopic (exact) mass is 207 g/mol. The van der Waals surface area contributed by atoms with E-state index in [0.29, 0.717) is 12.4 Å². The van der Waals surface area contributed by atoms with Crippen LogP contribution in [0.1, 0.15) is 18.6 Å². The molecule has 0 aromatic carbocycles. The van der Waals surface area contributed by atoms with Gasteiger partial charge in [0.25, 0.3) is 0 Å². The maximum absolute atomic E-state index is 5.46. The van der Waals surface area contributed by atoms with Crippen LogP contribution < -0.4 is 5.73 Å². The third-order valence-corrected chi connectivity index (χ3v) is 2.23. The fourth-order valence-electron chi connectivity index (χ4n) is 1.38. The van der Waals surface area contributed by atoms with Gasteiger partial charge < -0.3 is 10.3 Å². The van der Waals surface area contributed by atoms with Crippen molar-refractivity contribution in [1.82, 2.24) is 29.8 Å². The van der Waals surface area contributed by atoms with Gasteiger partial charge in [0.1, 0.15) is 12.4 Å². The lowest BCUT2D eigenvalue weighted by Crippen LogP contribution is -2.08. The summed E-state index contributed by atoms with van der Waals surface area (Å²) in [7, 11) is 1.94. The van der Waals surface area contributed by atoms with Crippen molar-refractivity contribution >= 4 is 5.82 Å². The van der Waals surface area contributed by atoms with Crippen molar-refractivity contribution in [1.29, 1.82) is 0 Å². The normalized spacial score (nSPS) is 10.8. The molecule has 0 fully saturated rings. The van der Waals surface area contributed by atoms with E-state index in [1.165, 1.54) is 0 Å². The van der Waals surface area contributed by atoms with Gasteiger partial charge in [-0.2, -0.15) is 0 Å². The maximum Gasteiger partial charge on any atom is 0.165 e. The lowest BCUT2D eigenvalue weighted by Gasteiger charge is -2.01. The molecule has 0 saturated carbocycles. The molecular weight excluding hydrogens is 194 g/mol.